The third kappa shape index (κ3) is 3.57. The Labute approximate surface area is 208 Å². The molecule has 6 rings (SSSR count). The average molecular weight is 505 g/mol. The van der Waals surface area contributed by atoms with Gasteiger partial charge < -0.3 is 9.47 Å². The summed E-state index contributed by atoms with van der Waals surface area (Å²) in [6.45, 7) is 2.28. The Morgan fingerprint density at radius 1 is 0.676 bits per heavy atom. The molecule has 0 spiro atoms. The molecule has 2 atom stereocenters. The number of fused-ring (bicyclic) bond motifs is 3. The third-order valence-corrected chi connectivity index (χ3v) is 7.15. The Balaban J connectivity index is 1.59. The van der Waals surface area contributed by atoms with Crippen molar-refractivity contribution in [3.63, 3.8) is 0 Å². The number of hydrogen-bond acceptors (Lipinski definition) is 1. The van der Waals surface area contributed by atoms with Gasteiger partial charge in [-0.1, -0.05) is 102 Å². The van der Waals surface area contributed by atoms with Gasteiger partial charge in [0.2, 0.25) is 0 Å². The monoisotopic (exact) mass is 504 g/mol. The van der Waals surface area contributed by atoms with Crippen LogP contribution in [0.1, 0.15) is 6.92 Å². The minimum atomic E-state index is 0.229. The summed E-state index contributed by atoms with van der Waals surface area (Å²) in [4.78, 5) is 2.45. The fourth-order valence-corrected chi connectivity index (χ4v) is 5.61. The van der Waals surface area contributed by atoms with Gasteiger partial charge in [-0.05, 0) is 48.4 Å². The summed E-state index contributed by atoms with van der Waals surface area (Å²) in [6.07, 6.45) is 8.90. The Morgan fingerprint density at radius 2 is 1.29 bits per heavy atom. The van der Waals surface area contributed by atoms with Crippen LogP contribution in [0.2, 0.25) is 0 Å². The van der Waals surface area contributed by atoms with Crippen LogP contribution in [0.4, 0.5) is 11.4 Å². The largest absolute Gasteiger partial charge is 0.334 e. The molecule has 5 aromatic rings. The highest BCUT2D eigenvalue weighted by Gasteiger charge is 2.25. The van der Waals surface area contributed by atoms with Gasteiger partial charge in [0.15, 0.2) is 0 Å². The van der Waals surface area contributed by atoms with Crippen molar-refractivity contribution in [2.45, 2.75) is 13.0 Å². The molecular formula is C31H25BrN2. The summed E-state index contributed by atoms with van der Waals surface area (Å²) in [5.41, 5.74) is 5.92. The van der Waals surface area contributed by atoms with Crippen LogP contribution < -0.4 is 4.90 Å². The zero-order chi connectivity index (χ0) is 23.1. The number of allylic oxidation sites excluding steroid dienone is 2. The number of para-hydroxylation sites is 3. The van der Waals surface area contributed by atoms with Crippen LogP contribution in [0, 0.1) is 5.92 Å². The molecule has 1 aliphatic carbocycles. The quantitative estimate of drug-likeness (QED) is 0.237. The number of benzene rings is 4. The molecule has 0 aliphatic heterocycles. The number of hydrogen-bond donors (Lipinski definition) is 0. The van der Waals surface area contributed by atoms with Gasteiger partial charge in [-0.15, -0.1) is 0 Å². The van der Waals surface area contributed by atoms with E-state index in [2.05, 4.69) is 154 Å². The van der Waals surface area contributed by atoms with Crippen molar-refractivity contribution < 1.29 is 0 Å². The molecule has 0 N–H and O–H groups in total. The maximum absolute atomic E-state index is 3.83. The number of halogens is 1. The van der Waals surface area contributed by atoms with E-state index in [-0.39, 0.29) is 6.04 Å². The molecule has 1 aromatic heterocycles. The van der Waals surface area contributed by atoms with E-state index in [1.54, 1.807) is 0 Å². The lowest BCUT2D eigenvalue weighted by Gasteiger charge is -2.36. The molecule has 34 heavy (non-hydrogen) atoms. The molecule has 0 radical (unpaired) electrons. The van der Waals surface area contributed by atoms with Crippen LogP contribution in [0.5, 0.6) is 0 Å². The van der Waals surface area contributed by atoms with E-state index in [1.165, 1.54) is 27.5 Å². The minimum absolute atomic E-state index is 0.229. The fraction of sp³-hybridized carbons (Fsp3) is 0.0968. The average Bonchev–Trinajstić information content (AvgIpc) is 3.20. The van der Waals surface area contributed by atoms with Crippen molar-refractivity contribution >= 4 is 49.1 Å². The molecule has 166 valence electrons. The van der Waals surface area contributed by atoms with E-state index in [9.17, 15) is 0 Å². The number of aromatic nitrogens is 1. The molecule has 1 heterocycles. The standard InChI is InChI=1S/C31H25BrN2/c1-22-11-5-8-16-29(22)33(24-12-3-2-4-13-24)25-19-23(32)20-26(21-25)34-30-17-9-6-14-27(30)28-15-7-10-18-31(28)34/h2-22,29H,1H3. The van der Waals surface area contributed by atoms with Crippen molar-refractivity contribution in [3.8, 4) is 5.69 Å². The van der Waals surface area contributed by atoms with Gasteiger partial charge in [0.05, 0.1) is 17.1 Å². The van der Waals surface area contributed by atoms with Gasteiger partial charge >= 0.3 is 0 Å². The van der Waals surface area contributed by atoms with Gasteiger partial charge in [0.1, 0.15) is 0 Å². The van der Waals surface area contributed by atoms with Crippen molar-refractivity contribution in [1.29, 1.82) is 0 Å². The second-order valence-electron chi connectivity index (χ2n) is 8.86. The Kier molecular flexibility index (Phi) is 5.35. The second kappa shape index (κ2) is 8.66. The van der Waals surface area contributed by atoms with E-state index in [0.29, 0.717) is 5.92 Å². The summed E-state index contributed by atoms with van der Waals surface area (Å²) < 4.78 is 3.44. The van der Waals surface area contributed by atoms with Crippen molar-refractivity contribution in [3.05, 3.63) is 126 Å². The molecule has 0 amide bonds. The molecular weight excluding hydrogens is 480 g/mol. The molecule has 3 heteroatoms. The molecule has 0 fully saturated rings. The molecule has 0 saturated carbocycles. The maximum Gasteiger partial charge on any atom is 0.0585 e. The van der Waals surface area contributed by atoms with Gasteiger partial charge in [-0.25, -0.2) is 0 Å². The molecule has 2 unspecified atom stereocenters. The summed E-state index contributed by atoms with van der Waals surface area (Å²) in [5.74, 6) is 0.390. The molecule has 4 aromatic carbocycles. The maximum atomic E-state index is 3.83. The van der Waals surface area contributed by atoms with E-state index >= 15 is 0 Å². The first-order chi connectivity index (χ1) is 16.7. The minimum Gasteiger partial charge on any atom is -0.334 e. The highest BCUT2D eigenvalue weighted by atomic mass is 79.9. The van der Waals surface area contributed by atoms with Gasteiger partial charge in [0, 0.05) is 32.3 Å². The Hall–Kier alpha value is -3.56. The smallest absolute Gasteiger partial charge is 0.0585 e. The number of nitrogens with zero attached hydrogens (tertiary/aromatic N) is 2. The lowest BCUT2D eigenvalue weighted by Crippen LogP contribution is -2.35. The van der Waals surface area contributed by atoms with Gasteiger partial charge in [-0.3, -0.25) is 0 Å². The van der Waals surface area contributed by atoms with E-state index in [0.717, 1.165) is 15.8 Å². The molecule has 0 saturated heterocycles. The van der Waals surface area contributed by atoms with Crippen LogP contribution in [-0.2, 0) is 0 Å². The van der Waals surface area contributed by atoms with E-state index < -0.39 is 0 Å². The number of anilines is 2. The van der Waals surface area contributed by atoms with Crippen LogP contribution in [0.3, 0.4) is 0 Å². The predicted octanol–water partition coefficient (Wildman–Crippen LogP) is 8.81. The normalized spacial score (nSPS) is 17.5. The predicted molar refractivity (Wildman–Crippen MR) is 148 cm³/mol. The highest BCUT2D eigenvalue weighted by Crippen LogP contribution is 2.38. The van der Waals surface area contributed by atoms with Crippen LogP contribution in [0.15, 0.2) is 126 Å². The van der Waals surface area contributed by atoms with Crippen molar-refractivity contribution in [1.82, 2.24) is 4.57 Å². The zero-order valence-corrected chi connectivity index (χ0v) is 20.6. The van der Waals surface area contributed by atoms with Crippen LogP contribution in [0.25, 0.3) is 27.5 Å². The summed E-state index contributed by atoms with van der Waals surface area (Å²) in [6, 6.07) is 35.0. The van der Waals surface area contributed by atoms with E-state index in [4.69, 9.17) is 0 Å². The number of rotatable bonds is 4. The van der Waals surface area contributed by atoms with Crippen LogP contribution in [-0.4, -0.2) is 10.6 Å². The zero-order valence-electron chi connectivity index (χ0n) is 19.0. The second-order valence-corrected chi connectivity index (χ2v) is 9.78. The molecule has 2 nitrogen and oxygen atoms in total. The Morgan fingerprint density at radius 3 is 1.97 bits per heavy atom. The topological polar surface area (TPSA) is 8.17 Å². The highest BCUT2D eigenvalue weighted by molar-refractivity contribution is 9.10. The summed E-state index contributed by atoms with van der Waals surface area (Å²) >= 11 is 3.83. The van der Waals surface area contributed by atoms with Crippen molar-refractivity contribution in [2.24, 2.45) is 5.92 Å². The molecule has 0 bridgehead atoms. The van der Waals surface area contributed by atoms with Gasteiger partial charge in [-0.2, -0.15) is 0 Å². The van der Waals surface area contributed by atoms with Gasteiger partial charge in [0.25, 0.3) is 0 Å². The van der Waals surface area contributed by atoms with Crippen LogP contribution >= 0.6 is 15.9 Å². The summed E-state index contributed by atoms with van der Waals surface area (Å²) in [5, 5.41) is 2.54. The van der Waals surface area contributed by atoms with E-state index in [1.807, 2.05) is 0 Å². The van der Waals surface area contributed by atoms with Crippen molar-refractivity contribution in [2.75, 3.05) is 4.90 Å². The summed E-state index contributed by atoms with van der Waals surface area (Å²) in [7, 11) is 0. The fourth-order valence-electron chi connectivity index (χ4n) is 5.14. The lowest BCUT2D eigenvalue weighted by molar-refractivity contribution is 0.609. The third-order valence-electron chi connectivity index (χ3n) is 6.69. The first kappa shape index (κ1) is 21.0. The Bertz CT molecular complexity index is 1490. The first-order valence-electron chi connectivity index (χ1n) is 11.7. The SMILES string of the molecule is CC1C=CC=CC1N(c1ccccc1)c1cc(Br)cc(-n2c3ccccc3c3ccccc32)c1. The molecule has 1 aliphatic rings. The lowest BCUT2D eigenvalue weighted by atomic mass is 9.94. The first-order valence-corrected chi connectivity index (χ1v) is 12.5.